The first kappa shape index (κ1) is 32.7. The standard InChI is InChI=1S/C27H50N4O6/c1-10-13-17(14-11-2)21(28)19-15-18(22(32)35-12-3)16-20(19)29-23(30-24(33)36-26(4,5)6)31-25(34)37-27(7,8)9/h17-21H,10-16,28H2,1-9H3,(H2,29,30,31,33,34)/t18-,19-,20-,21?/m1/s1. The third kappa shape index (κ3) is 12.2. The van der Waals surface area contributed by atoms with Gasteiger partial charge in [-0.1, -0.05) is 26.7 Å². The number of nitrogens with zero attached hydrogens (tertiary/aromatic N) is 1. The second kappa shape index (κ2) is 14.5. The van der Waals surface area contributed by atoms with Gasteiger partial charge in [-0.3, -0.25) is 15.4 Å². The maximum atomic E-state index is 12.6. The average molecular weight is 527 g/mol. The van der Waals surface area contributed by atoms with Gasteiger partial charge in [-0.15, -0.1) is 0 Å². The van der Waals surface area contributed by atoms with E-state index in [1.165, 1.54) is 0 Å². The summed E-state index contributed by atoms with van der Waals surface area (Å²) in [5, 5.41) is 5.09. The lowest BCUT2D eigenvalue weighted by Crippen LogP contribution is -2.48. The number of alkyl carbamates (subject to hydrolysis) is 2. The summed E-state index contributed by atoms with van der Waals surface area (Å²) in [6, 6.07) is -0.613. The van der Waals surface area contributed by atoms with Gasteiger partial charge in [0.25, 0.3) is 0 Å². The Bertz CT molecular complexity index is 749. The van der Waals surface area contributed by atoms with Gasteiger partial charge < -0.3 is 19.9 Å². The summed E-state index contributed by atoms with van der Waals surface area (Å²) in [5.74, 6) is -0.592. The fourth-order valence-electron chi connectivity index (χ4n) is 4.75. The smallest absolute Gasteiger partial charge is 0.414 e. The van der Waals surface area contributed by atoms with Crippen LogP contribution >= 0.6 is 0 Å². The van der Waals surface area contributed by atoms with Crippen molar-refractivity contribution in [3.8, 4) is 0 Å². The lowest BCUT2D eigenvalue weighted by atomic mass is 9.81. The molecule has 0 aliphatic heterocycles. The molecular formula is C27H50N4O6. The number of esters is 1. The minimum absolute atomic E-state index is 0.0993. The molecule has 4 atom stereocenters. The number of aliphatic imine (C=N–C) groups is 1. The Morgan fingerprint density at radius 1 is 0.892 bits per heavy atom. The number of guanidine groups is 1. The zero-order valence-electron chi connectivity index (χ0n) is 24.3. The van der Waals surface area contributed by atoms with Crippen molar-refractivity contribution in [2.75, 3.05) is 6.61 Å². The van der Waals surface area contributed by atoms with Gasteiger partial charge >= 0.3 is 18.2 Å². The molecule has 4 N–H and O–H groups in total. The molecule has 0 heterocycles. The number of amides is 2. The Balaban J connectivity index is 3.34. The van der Waals surface area contributed by atoms with E-state index >= 15 is 0 Å². The maximum Gasteiger partial charge on any atom is 0.414 e. The van der Waals surface area contributed by atoms with Crippen LogP contribution in [0.4, 0.5) is 9.59 Å². The molecule has 1 fully saturated rings. The SMILES string of the molecule is CCCC(CCC)C(N)[C@@H]1C[C@@H](C(=O)OCC)C[C@H]1N=C(NC(=O)OC(C)(C)C)NC(=O)OC(C)(C)C. The predicted molar refractivity (Wildman–Crippen MR) is 144 cm³/mol. The Morgan fingerprint density at radius 3 is 1.78 bits per heavy atom. The predicted octanol–water partition coefficient (Wildman–Crippen LogP) is 4.89. The van der Waals surface area contributed by atoms with Gasteiger partial charge in [0.2, 0.25) is 5.96 Å². The van der Waals surface area contributed by atoms with Gasteiger partial charge in [-0.25, -0.2) is 14.6 Å². The highest BCUT2D eigenvalue weighted by Crippen LogP contribution is 2.39. The molecule has 37 heavy (non-hydrogen) atoms. The van der Waals surface area contributed by atoms with Crippen LogP contribution < -0.4 is 16.4 Å². The molecule has 0 radical (unpaired) electrons. The second-order valence-electron chi connectivity index (χ2n) is 11.8. The molecule has 1 saturated carbocycles. The number of hydrogen-bond acceptors (Lipinski definition) is 8. The molecule has 214 valence electrons. The van der Waals surface area contributed by atoms with Crippen LogP contribution in [-0.2, 0) is 19.0 Å². The van der Waals surface area contributed by atoms with Crippen LogP contribution in [0.15, 0.2) is 4.99 Å². The molecule has 1 rings (SSSR count). The van der Waals surface area contributed by atoms with E-state index in [9.17, 15) is 14.4 Å². The van der Waals surface area contributed by atoms with Crippen LogP contribution in [0.3, 0.4) is 0 Å². The fourth-order valence-corrected chi connectivity index (χ4v) is 4.75. The summed E-state index contributed by atoms with van der Waals surface area (Å²) in [6.45, 7) is 16.8. The molecular weight excluding hydrogens is 476 g/mol. The first-order chi connectivity index (χ1) is 17.1. The molecule has 1 aliphatic rings. The fraction of sp³-hybridized carbons (Fsp3) is 0.852. The van der Waals surface area contributed by atoms with Crippen LogP contribution in [0.5, 0.6) is 0 Å². The van der Waals surface area contributed by atoms with Crippen molar-refractivity contribution >= 4 is 24.1 Å². The highest BCUT2D eigenvalue weighted by molar-refractivity contribution is 6.01. The zero-order chi connectivity index (χ0) is 28.4. The van der Waals surface area contributed by atoms with Crippen LogP contribution in [0.1, 0.15) is 101 Å². The first-order valence-corrected chi connectivity index (χ1v) is 13.6. The molecule has 0 bridgehead atoms. The number of nitrogens with one attached hydrogen (secondary N) is 2. The lowest BCUT2D eigenvalue weighted by molar-refractivity contribution is -0.147. The van der Waals surface area contributed by atoms with E-state index < -0.39 is 29.4 Å². The van der Waals surface area contributed by atoms with Crippen molar-refractivity contribution in [2.45, 2.75) is 124 Å². The quantitative estimate of drug-likeness (QED) is 0.168. The second-order valence-corrected chi connectivity index (χ2v) is 11.8. The minimum atomic E-state index is -0.766. The van der Waals surface area contributed by atoms with E-state index in [-0.39, 0.29) is 35.7 Å². The highest BCUT2D eigenvalue weighted by Gasteiger charge is 2.43. The molecule has 0 aromatic heterocycles. The topological polar surface area (TPSA) is 141 Å². The van der Waals surface area contributed by atoms with Gasteiger partial charge in [0, 0.05) is 6.04 Å². The molecule has 10 nitrogen and oxygen atoms in total. The van der Waals surface area contributed by atoms with E-state index in [2.05, 4.69) is 24.5 Å². The number of hydrogen-bond donors (Lipinski definition) is 3. The Hall–Kier alpha value is -2.36. The number of rotatable bonds is 9. The largest absolute Gasteiger partial charge is 0.466 e. The van der Waals surface area contributed by atoms with Crippen LogP contribution in [-0.4, -0.2) is 54.0 Å². The molecule has 0 saturated heterocycles. The third-order valence-electron chi connectivity index (χ3n) is 6.09. The molecule has 1 unspecified atom stereocenters. The Labute approximate surface area is 222 Å². The van der Waals surface area contributed by atoms with Crippen molar-refractivity contribution in [1.82, 2.24) is 10.6 Å². The van der Waals surface area contributed by atoms with E-state index in [0.29, 0.717) is 19.4 Å². The van der Waals surface area contributed by atoms with Crippen LogP contribution in [0.25, 0.3) is 0 Å². The van der Waals surface area contributed by atoms with Gasteiger partial charge in [0.15, 0.2) is 0 Å². The van der Waals surface area contributed by atoms with Crippen molar-refractivity contribution in [1.29, 1.82) is 0 Å². The summed E-state index contributed by atoms with van der Waals surface area (Å²) >= 11 is 0. The van der Waals surface area contributed by atoms with E-state index in [4.69, 9.17) is 24.9 Å². The van der Waals surface area contributed by atoms with Crippen molar-refractivity contribution in [3.63, 3.8) is 0 Å². The van der Waals surface area contributed by atoms with Gasteiger partial charge in [-0.05, 0) is 86.0 Å². The number of nitrogens with two attached hydrogens (primary N) is 1. The molecule has 10 heteroatoms. The number of ether oxygens (including phenoxy) is 3. The minimum Gasteiger partial charge on any atom is -0.466 e. The van der Waals surface area contributed by atoms with Crippen molar-refractivity contribution in [2.24, 2.45) is 28.5 Å². The maximum absolute atomic E-state index is 12.6. The Morgan fingerprint density at radius 2 is 1.38 bits per heavy atom. The monoisotopic (exact) mass is 526 g/mol. The van der Waals surface area contributed by atoms with Crippen molar-refractivity contribution in [3.05, 3.63) is 0 Å². The molecule has 0 aromatic carbocycles. The normalized spacial score (nSPS) is 20.7. The van der Waals surface area contributed by atoms with Crippen LogP contribution in [0, 0.1) is 17.8 Å². The number of carbonyl (C=O) groups excluding carboxylic acids is 3. The van der Waals surface area contributed by atoms with Gasteiger partial charge in [0.1, 0.15) is 11.2 Å². The summed E-state index contributed by atoms with van der Waals surface area (Å²) in [4.78, 5) is 42.5. The first-order valence-electron chi connectivity index (χ1n) is 13.6. The third-order valence-corrected chi connectivity index (χ3v) is 6.09. The summed E-state index contributed by atoms with van der Waals surface area (Å²) in [7, 11) is 0. The summed E-state index contributed by atoms with van der Waals surface area (Å²) < 4.78 is 16.0. The van der Waals surface area contributed by atoms with Crippen molar-refractivity contribution < 1.29 is 28.6 Å². The molecule has 2 amide bonds. The summed E-state index contributed by atoms with van der Waals surface area (Å²) in [5.41, 5.74) is 5.33. The van der Waals surface area contributed by atoms with Crippen LogP contribution in [0.2, 0.25) is 0 Å². The lowest BCUT2D eigenvalue weighted by Gasteiger charge is -2.31. The number of carbonyl (C=O) groups is 3. The van der Waals surface area contributed by atoms with E-state index in [1.807, 2.05) is 0 Å². The van der Waals surface area contributed by atoms with Gasteiger partial charge in [-0.2, -0.15) is 0 Å². The van der Waals surface area contributed by atoms with E-state index in [0.717, 1.165) is 25.7 Å². The average Bonchev–Trinajstić information content (AvgIpc) is 3.14. The zero-order valence-corrected chi connectivity index (χ0v) is 24.3. The molecule has 1 aliphatic carbocycles. The highest BCUT2D eigenvalue weighted by atomic mass is 16.6. The Kier molecular flexibility index (Phi) is 12.8. The van der Waals surface area contributed by atoms with Gasteiger partial charge in [0.05, 0.1) is 18.6 Å². The molecule has 0 aromatic rings. The van der Waals surface area contributed by atoms with E-state index in [1.54, 1.807) is 48.5 Å². The molecule has 0 spiro atoms. The summed E-state index contributed by atoms with van der Waals surface area (Å²) in [6.07, 6.45) is 3.37.